The number of anilines is 1. The summed E-state index contributed by atoms with van der Waals surface area (Å²) in [7, 11) is 1.60. The lowest BCUT2D eigenvalue weighted by Gasteiger charge is -2.29. The summed E-state index contributed by atoms with van der Waals surface area (Å²) in [4.78, 5) is 36.1. The first-order valence-electron chi connectivity index (χ1n) is 11.2. The Bertz CT molecular complexity index is 1430. The van der Waals surface area contributed by atoms with Crippen LogP contribution in [0.1, 0.15) is 39.8 Å². The number of carbonyl (C=O) groups excluding carboxylic acids is 2. The lowest BCUT2D eigenvalue weighted by Crippen LogP contribution is -2.37. The van der Waals surface area contributed by atoms with E-state index in [1.165, 1.54) is 22.7 Å². The first-order chi connectivity index (χ1) is 17.1. The van der Waals surface area contributed by atoms with Crippen LogP contribution in [0.5, 0.6) is 5.75 Å². The molecule has 2 aromatic heterocycles. The number of amides is 2. The minimum atomic E-state index is -0.283. The maximum absolute atomic E-state index is 12.8. The minimum Gasteiger partial charge on any atom is -0.494 e. The number of ether oxygens (including phenoxy) is 1. The molecule has 1 aliphatic rings. The third-order valence-electron chi connectivity index (χ3n) is 5.80. The van der Waals surface area contributed by atoms with Gasteiger partial charge in [0.2, 0.25) is 0 Å². The van der Waals surface area contributed by atoms with Crippen LogP contribution in [0.2, 0.25) is 0 Å². The van der Waals surface area contributed by atoms with Crippen molar-refractivity contribution in [3.63, 3.8) is 0 Å². The summed E-state index contributed by atoms with van der Waals surface area (Å²) < 4.78 is 6.28. The number of fused-ring (bicyclic) bond motifs is 1. The van der Waals surface area contributed by atoms with Gasteiger partial charge in [-0.15, -0.1) is 11.3 Å². The van der Waals surface area contributed by atoms with E-state index in [4.69, 9.17) is 4.74 Å². The molecule has 35 heavy (non-hydrogen) atoms. The zero-order chi connectivity index (χ0) is 24.2. The third-order valence-corrected chi connectivity index (χ3v) is 7.74. The monoisotopic (exact) mass is 502 g/mol. The first kappa shape index (κ1) is 23.0. The number of hydrogen-bond acceptors (Lipinski definition) is 7. The van der Waals surface area contributed by atoms with Gasteiger partial charge in [0.15, 0.2) is 5.13 Å². The van der Waals surface area contributed by atoms with E-state index < -0.39 is 0 Å². The second kappa shape index (κ2) is 10.3. The number of nitrogens with one attached hydrogen (secondary N) is 1. The summed E-state index contributed by atoms with van der Waals surface area (Å²) in [5.74, 6) is 6.13. The van der Waals surface area contributed by atoms with E-state index in [-0.39, 0.29) is 17.7 Å². The maximum Gasteiger partial charge on any atom is 0.298 e. The molecular formula is C26H22N4O3S2. The Morgan fingerprint density at radius 1 is 1.09 bits per heavy atom. The number of carbonyl (C=O) groups is 2. The highest BCUT2D eigenvalue weighted by Gasteiger charge is 2.26. The molecule has 0 saturated carbocycles. The smallest absolute Gasteiger partial charge is 0.298 e. The van der Waals surface area contributed by atoms with Gasteiger partial charge in [-0.25, -0.2) is 9.97 Å². The Morgan fingerprint density at radius 3 is 2.66 bits per heavy atom. The molecule has 1 saturated heterocycles. The zero-order valence-electron chi connectivity index (χ0n) is 19.0. The normalized spacial score (nSPS) is 13.8. The number of hydrogen-bond donors (Lipinski definition) is 1. The van der Waals surface area contributed by atoms with Crippen molar-refractivity contribution in [3.05, 3.63) is 70.2 Å². The zero-order valence-corrected chi connectivity index (χ0v) is 20.6. The number of thiazole rings is 2. The molecule has 3 heterocycles. The molecule has 0 unspecified atom stereocenters. The average molecular weight is 503 g/mol. The van der Waals surface area contributed by atoms with E-state index in [1.54, 1.807) is 17.4 Å². The molecule has 0 spiro atoms. The van der Waals surface area contributed by atoms with Crippen molar-refractivity contribution in [2.45, 2.75) is 18.8 Å². The highest BCUT2D eigenvalue weighted by Crippen LogP contribution is 2.33. The number of methoxy groups -OCH3 is 1. The van der Waals surface area contributed by atoms with Crippen molar-refractivity contribution in [2.75, 3.05) is 25.5 Å². The molecule has 5 rings (SSSR count). The number of nitrogens with zero attached hydrogens (tertiary/aromatic N) is 3. The summed E-state index contributed by atoms with van der Waals surface area (Å²) in [6.07, 6.45) is 1.59. The fourth-order valence-electron chi connectivity index (χ4n) is 3.94. The molecule has 0 aliphatic carbocycles. The van der Waals surface area contributed by atoms with Crippen molar-refractivity contribution in [2.24, 2.45) is 0 Å². The molecule has 4 aromatic rings. The average Bonchev–Trinajstić information content (AvgIpc) is 3.55. The largest absolute Gasteiger partial charge is 0.494 e. The van der Waals surface area contributed by atoms with Crippen LogP contribution < -0.4 is 10.1 Å². The molecule has 1 aliphatic heterocycles. The summed E-state index contributed by atoms with van der Waals surface area (Å²) in [6.45, 7) is 1.25. The van der Waals surface area contributed by atoms with Gasteiger partial charge in [0.05, 0.1) is 16.8 Å². The van der Waals surface area contributed by atoms with E-state index in [2.05, 4.69) is 27.1 Å². The van der Waals surface area contributed by atoms with E-state index in [0.717, 1.165) is 33.6 Å². The molecule has 0 atom stereocenters. The topological polar surface area (TPSA) is 84.4 Å². The predicted molar refractivity (Wildman–Crippen MR) is 138 cm³/mol. The lowest BCUT2D eigenvalue weighted by molar-refractivity contribution is -0.126. The predicted octanol–water partition coefficient (Wildman–Crippen LogP) is 4.77. The van der Waals surface area contributed by atoms with Crippen molar-refractivity contribution in [3.8, 4) is 17.6 Å². The highest BCUT2D eigenvalue weighted by atomic mass is 32.1. The van der Waals surface area contributed by atoms with Crippen molar-refractivity contribution in [1.82, 2.24) is 14.9 Å². The minimum absolute atomic E-state index is 0.154. The summed E-state index contributed by atoms with van der Waals surface area (Å²) in [6, 6.07) is 15.2. The summed E-state index contributed by atoms with van der Waals surface area (Å²) in [5.41, 5.74) is 1.93. The highest BCUT2D eigenvalue weighted by molar-refractivity contribution is 7.22. The second-order valence-electron chi connectivity index (χ2n) is 8.03. The van der Waals surface area contributed by atoms with Gasteiger partial charge in [-0.3, -0.25) is 14.9 Å². The standard InChI is InChI=1S/C26H22N4O3S2/c1-33-20-8-5-9-21-23(20)28-26(35-21)29-24(32)19-16-34-25(27-19)18-12-14-30(15-13-18)22(31)11-10-17-6-3-2-4-7-17/h2-9,16,18H,12-15H2,1H3,(H,28,29,32). The summed E-state index contributed by atoms with van der Waals surface area (Å²) in [5, 5.41) is 6.06. The first-order valence-corrected chi connectivity index (χ1v) is 12.9. The van der Waals surface area contributed by atoms with Gasteiger partial charge >= 0.3 is 0 Å². The molecule has 176 valence electrons. The molecule has 1 N–H and O–H groups in total. The SMILES string of the molecule is COc1cccc2sc(NC(=O)c3csc(C4CCN(C(=O)C#Cc5ccccc5)CC4)n3)nc12. The molecule has 2 amide bonds. The molecule has 2 aromatic carbocycles. The molecular weight excluding hydrogens is 480 g/mol. The number of benzene rings is 2. The fraction of sp³-hybridized carbons (Fsp3) is 0.231. The van der Waals surface area contributed by atoms with Crippen LogP contribution in [0.15, 0.2) is 53.9 Å². The Kier molecular flexibility index (Phi) is 6.75. The van der Waals surface area contributed by atoms with E-state index in [0.29, 0.717) is 29.7 Å². The van der Waals surface area contributed by atoms with Crippen LogP contribution in [0, 0.1) is 11.8 Å². The van der Waals surface area contributed by atoms with Crippen molar-refractivity contribution >= 4 is 49.8 Å². The van der Waals surface area contributed by atoms with Crippen LogP contribution in [-0.2, 0) is 4.79 Å². The van der Waals surface area contributed by atoms with Crippen molar-refractivity contribution in [1.29, 1.82) is 0 Å². The van der Waals surface area contributed by atoms with Gasteiger partial charge < -0.3 is 9.64 Å². The van der Waals surface area contributed by atoms with Crippen LogP contribution in [-0.4, -0.2) is 46.9 Å². The Morgan fingerprint density at radius 2 is 1.89 bits per heavy atom. The molecule has 9 heteroatoms. The molecule has 1 fully saturated rings. The third kappa shape index (κ3) is 5.19. The van der Waals surface area contributed by atoms with Gasteiger partial charge in [-0.05, 0) is 37.1 Å². The molecule has 7 nitrogen and oxygen atoms in total. The van der Waals surface area contributed by atoms with E-state index in [9.17, 15) is 9.59 Å². The Hall–Kier alpha value is -3.74. The number of piperidine rings is 1. The number of likely N-dealkylation sites (tertiary alicyclic amines) is 1. The summed E-state index contributed by atoms with van der Waals surface area (Å²) >= 11 is 2.88. The lowest BCUT2D eigenvalue weighted by atomic mass is 9.97. The number of para-hydroxylation sites is 1. The van der Waals surface area contributed by atoms with E-state index in [1.807, 2.05) is 48.5 Å². The maximum atomic E-state index is 12.8. The van der Waals surface area contributed by atoms with Crippen LogP contribution in [0.4, 0.5) is 5.13 Å². The fourth-order valence-corrected chi connectivity index (χ4v) is 5.79. The second-order valence-corrected chi connectivity index (χ2v) is 9.95. The van der Waals surface area contributed by atoms with Gasteiger partial charge in [-0.2, -0.15) is 0 Å². The Labute approximate surface area is 210 Å². The van der Waals surface area contributed by atoms with Crippen LogP contribution >= 0.6 is 22.7 Å². The van der Waals surface area contributed by atoms with Gasteiger partial charge in [0.25, 0.3) is 11.8 Å². The van der Waals surface area contributed by atoms with Gasteiger partial charge in [-0.1, -0.05) is 41.5 Å². The molecule has 0 bridgehead atoms. The van der Waals surface area contributed by atoms with Gasteiger partial charge in [0.1, 0.15) is 17.0 Å². The van der Waals surface area contributed by atoms with Crippen LogP contribution in [0.25, 0.3) is 10.2 Å². The quantitative estimate of drug-likeness (QED) is 0.407. The van der Waals surface area contributed by atoms with Crippen molar-refractivity contribution < 1.29 is 14.3 Å². The van der Waals surface area contributed by atoms with Gasteiger partial charge in [0, 0.05) is 35.9 Å². The van der Waals surface area contributed by atoms with E-state index >= 15 is 0 Å². The number of rotatable bonds is 4. The van der Waals surface area contributed by atoms with Crippen LogP contribution in [0.3, 0.4) is 0 Å². The Balaban J connectivity index is 1.18. The number of aromatic nitrogens is 2. The molecule has 0 radical (unpaired) electrons.